The van der Waals surface area contributed by atoms with E-state index in [0.717, 1.165) is 0 Å². The van der Waals surface area contributed by atoms with Crippen molar-refractivity contribution in [1.82, 2.24) is 9.55 Å². The first kappa shape index (κ1) is 10.4. The molecule has 1 aromatic rings. The third kappa shape index (κ3) is 2.13. The minimum Gasteiger partial charge on any atom is -0.381 e. The highest BCUT2D eigenvalue weighted by atomic mass is 35.5. The van der Waals surface area contributed by atoms with E-state index in [0.29, 0.717) is 26.1 Å². The zero-order valence-corrected chi connectivity index (χ0v) is 8.79. The van der Waals surface area contributed by atoms with Gasteiger partial charge in [-0.15, -0.1) is 0 Å². The fraction of sp³-hybridized carbons (Fsp3) is 0.556. The van der Waals surface area contributed by atoms with Crippen LogP contribution in [0.1, 0.15) is 18.9 Å². The third-order valence-corrected chi connectivity index (χ3v) is 2.69. The lowest BCUT2D eigenvalue weighted by Gasteiger charge is -2.22. The summed E-state index contributed by atoms with van der Waals surface area (Å²) in [7, 11) is 0. The molecule has 0 spiro atoms. The van der Waals surface area contributed by atoms with Gasteiger partial charge in [0.25, 0.3) is 5.56 Å². The summed E-state index contributed by atoms with van der Waals surface area (Å²) in [6.45, 7) is 1.17. The van der Waals surface area contributed by atoms with Crippen LogP contribution in [0.3, 0.4) is 0 Å². The highest BCUT2D eigenvalue weighted by Gasteiger charge is 2.19. The van der Waals surface area contributed by atoms with Crippen LogP contribution in [0.5, 0.6) is 0 Å². The van der Waals surface area contributed by atoms with E-state index in [1.54, 1.807) is 0 Å². The second-order valence-electron chi connectivity index (χ2n) is 3.47. The first-order chi connectivity index (χ1) is 7.18. The van der Waals surface area contributed by atoms with Crippen molar-refractivity contribution in [1.29, 1.82) is 0 Å². The Hall–Kier alpha value is -1.07. The van der Waals surface area contributed by atoms with Crippen LogP contribution in [0, 0.1) is 0 Å². The molecule has 1 N–H and O–H groups in total. The van der Waals surface area contributed by atoms with Crippen molar-refractivity contribution in [2.75, 3.05) is 13.2 Å². The predicted molar refractivity (Wildman–Crippen MR) is 55.4 cm³/mol. The lowest BCUT2D eigenvalue weighted by atomic mass is 10.1. The van der Waals surface area contributed by atoms with Gasteiger partial charge >= 0.3 is 5.69 Å². The van der Waals surface area contributed by atoms with E-state index in [1.165, 1.54) is 10.6 Å². The smallest absolute Gasteiger partial charge is 0.329 e. The van der Waals surface area contributed by atoms with Crippen LogP contribution in [0.4, 0.5) is 0 Å². The second-order valence-corrected chi connectivity index (χ2v) is 3.88. The summed E-state index contributed by atoms with van der Waals surface area (Å²) in [5, 5.41) is 0.0771. The third-order valence-electron chi connectivity index (χ3n) is 2.49. The molecule has 0 radical (unpaired) electrons. The average molecular weight is 231 g/mol. The van der Waals surface area contributed by atoms with Gasteiger partial charge in [0.2, 0.25) is 0 Å². The summed E-state index contributed by atoms with van der Waals surface area (Å²) in [6, 6.07) is 1.14. The van der Waals surface area contributed by atoms with E-state index in [-0.39, 0.29) is 16.8 Å². The number of nitrogens with zero attached hydrogens (tertiary/aromatic N) is 1. The van der Waals surface area contributed by atoms with Gasteiger partial charge in [0.1, 0.15) is 5.15 Å². The molecule has 82 valence electrons. The molecule has 5 nitrogen and oxygen atoms in total. The SMILES string of the molecule is O=c1cc(Cl)[nH]c(=O)n1C1CCOCC1. The molecule has 1 aliphatic heterocycles. The van der Waals surface area contributed by atoms with Gasteiger partial charge in [-0.05, 0) is 12.8 Å². The maximum absolute atomic E-state index is 11.6. The Kier molecular flexibility index (Phi) is 2.93. The molecule has 0 amide bonds. The topological polar surface area (TPSA) is 64.1 Å². The molecule has 15 heavy (non-hydrogen) atoms. The minimum atomic E-state index is -0.445. The summed E-state index contributed by atoms with van der Waals surface area (Å²) < 4.78 is 6.39. The molecule has 0 unspecified atom stereocenters. The van der Waals surface area contributed by atoms with Crippen LogP contribution in [0.2, 0.25) is 5.15 Å². The van der Waals surface area contributed by atoms with Crippen LogP contribution < -0.4 is 11.2 Å². The molecule has 1 fully saturated rings. The highest BCUT2D eigenvalue weighted by Crippen LogP contribution is 2.17. The van der Waals surface area contributed by atoms with Gasteiger partial charge < -0.3 is 4.74 Å². The zero-order valence-electron chi connectivity index (χ0n) is 8.03. The fourth-order valence-corrected chi connectivity index (χ4v) is 1.94. The van der Waals surface area contributed by atoms with Crippen molar-refractivity contribution < 1.29 is 4.74 Å². The molecule has 1 saturated heterocycles. The molecular weight excluding hydrogens is 220 g/mol. The molecular formula is C9H11ClN2O3. The summed E-state index contributed by atoms with van der Waals surface area (Å²) >= 11 is 5.57. The molecule has 2 heterocycles. The van der Waals surface area contributed by atoms with E-state index in [9.17, 15) is 9.59 Å². The standard InChI is InChI=1S/C9H11ClN2O3/c10-7-5-8(13)12(9(14)11-7)6-1-3-15-4-2-6/h5-6H,1-4H2,(H,11,14). The summed E-state index contributed by atoms with van der Waals surface area (Å²) in [6.07, 6.45) is 1.37. The van der Waals surface area contributed by atoms with Crippen molar-refractivity contribution in [2.45, 2.75) is 18.9 Å². The molecule has 2 rings (SSSR count). The Balaban J connectivity index is 2.43. The van der Waals surface area contributed by atoms with E-state index in [1.807, 2.05) is 0 Å². The van der Waals surface area contributed by atoms with Crippen molar-refractivity contribution in [2.24, 2.45) is 0 Å². The molecule has 0 aromatic carbocycles. The van der Waals surface area contributed by atoms with Gasteiger partial charge in [0, 0.05) is 25.3 Å². The molecule has 0 atom stereocenters. The largest absolute Gasteiger partial charge is 0.381 e. The number of H-pyrrole nitrogens is 1. The molecule has 0 saturated carbocycles. The number of hydrogen-bond acceptors (Lipinski definition) is 3. The predicted octanol–water partition coefficient (Wildman–Crippen LogP) is 0.542. The van der Waals surface area contributed by atoms with Crippen LogP contribution >= 0.6 is 11.6 Å². The first-order valence-corrected chi connectivity index (χ1v) is 5.15. The van der Waals surface area contributed by atoms with Crippen molar-refractivity contribution in [3.05, 3.63) is 32.1 Å². The van der Waals surface area contributed by atoms with E-state index < -0.39 is 5.69 Å². The summed E-state index contributed by atoms with van der Waals surface area (Å²) in [4.78, 5) is 25.5. The lowest BCUT2D eigenvalue weighted by Crippen LogP contribution is -2.39. The van der Waals surface area contributed by atoms with Gasteiger partial charge in [-0.2, -0.15) is 0 Å². The molecule has 0 bridgehead atoms. The molecule has 0 aliphatic carbocycles. The van der Waals surface area contributed by atoms with Crippen LogP contribution in [0.25, 0.3) is 0 Å². The number of hydrogen-bond donors (Lipinski definition) is 1. The quantitative estimate of drug-likeness (QED) is 0.717. The van der Waals surface area contributed by atoms with Gasteiger partial charge in [-0.25, -0.2) is 4.79 Å². The Bertz CT molecular complexity index is 428. The normalized spacial score (nSPS) is 17.9. The monoisotopic (exact) mass is 230 g/mol. The van der Waals surface area contributed by atoms with Gasteiger partial charge in [-0.3, -0.25) is 14.3 Å². The van der Waals surface area contributed by atoms with Crippen molar-refractivity contribution in [3.63, 3.8) is 0 Å². The summed E-state index contributed by atoms with van der Waals surface area (Å²) in [5.41, 5.74) is -0.796. The fourth-order valence-electron chi connectivity index (χ4n) is 1.77. The van der Waals surface area contributed by atoms with Gasteiger partial charge in [0.15, 0.2) is 0 Å². The number of halogens is 1. The Morgan fingerprint density at radius 3 is 2.67 bits per heavy atom. The van der Waals surface area contributed by atoms with Crippen molar-refractivity contribution in [3.8, 4) is 0 Å². The van der Waals surface area contributed by atoms with E-state index in [4.69, 9.17) is 16.3 Å². The molecule has 1 aromatic heterocycles. The number of rotatable bonds is 1. The number of aromatic amines is 1. The van der Waals surface area contributed by atoms with E-state index >= 15 is 0 Å². The first-order valence-electron chi connectivity index (χ1n) is 4.77. The number of aromatic nitrogens is 2. The zero-order chi connectivity index (χ0) is 10.8. The maximum atomic E-state index is 11.6. The van der Waals surface area contributed by atoms with Gasteiger partial charge in [-0.1, -0.05) is 11.6 Å². The summed E-state index contributed by atoms with van der Waals surface area (Å²) in [5.74, 6) is 0. The van der Waals surface area contributed by atoms with Crippen LogP contribution in [-0.2, 0) is 4.74 Å². The molecule has 1 aliphatic rings. The Morgan fingerprint density at radius 1 is 1.40 bits per heavy atom. The number of ether oxygens (including phenoxy) is 1. The lowest BCUT2D eigenvalue weighted by molar-refractivity contribution is 0.0674. The van der Waals surface area contributed by atoms with Crippen molar-refractivity contribution >= 4 is 11.6 Å². The average Bonchev–Trinajstić information content (AvgIpc) is 2.17. The maximum Gasteiger partial charge on any atom is 0.329 e. The van der Waals surface area contributed by atoms with E-state index in [2.05, 4.69) is 4.98 Å². The minimum absolute atomic E-state index is 0.0766. The van der Waals surface area contributed by atoms with Gasteiger partial charge in [0.05, 0.1) is 0 Å². The second kappa shape index (κ2) is 4.20. The van der Waals surface area contributed by atoms with Crippen LogP contribution in [-0.4, -0.2) is 22.8 Å². The van der Waals surface area contributed by atoms with Crippen LogP contribution in [0.15, 0.2) is 15.7 Å². The number of nitrogens with one attached hydrogen (secondary N) is 1. The Labute approximate surface area is 90.6 Å². The Morgan fingerprint density at radius 2 is 2.07 bits per heavy atom. The molecule has 6 heteroatoms. The highest BCUT2D eigenvalue weighted by molar-refractivity contribution is 6.29.